The summed E-state index contributed by atoms with van der Waals surface area (Å²) >= 11 is 0. The summed E-state index contributed by atoms with van der Waals surface area (Å²) in [6.07, 6.45) is 1.49. The van der Waals surface area contributed by atoms with E-state index in [2.05, 4.69) is 0 Å². The van der Waals surface area contributed by atoms with Crippen LogP contribution in [0, 0.1) is 5.82 Å². The van der Waals surface area contributed by atoms with Crippen LogP contribution in [0.5, 0.6) is 5.75 Å². The maximum Gasteiger partial charge on any atom is 0.256 e. The number of fused-ring (bicyclic) bond motifs is 1. The summed E-state index contributed by atoms with van der Waals surface area (Å²) in [7, 11) is 0. The van der Waals surface area contributed by atoms with Gasteiger partial charge >= 0.3 is 0 Å². The van der Waals surface area contributed by atoms with Crippen LogP contribution < -0.4 is 4.74 Å². The lowest BCUT2D eigenvalue weighted by atomic mass is 10.1. The molecule has 0 aromatic heterocycles. The molecule has 0 spiro atoms. The van der Waals surface area contributed by atoms with E-state index in [4.69, 9.17) is 4.74 Å². The van der Waals surface area contributed by atoms with Crippen molar-refractivity contribution in [2.75, 3.05) is 32.8 Å². The Kier molecular flexibility index (Phi) is 4.79. The van der Waals surface area contributed by atoms with Crippen molar-refractivity contribution in [3.63, 3.8) is 0 Å². The van der Waals surface area contributed by atoms with Gasteiger partial charge in [-0.15, -0.1) is 0 Å². The average Bonchev–Trinajstić information content (AvgIpc) is 3.02. The van der Waals surface area contributed by atoms with Crippen LogP contribution >= 0.6 is 0 Å². The minimum atomic E-state index is -0.514. The zero-order valence-corrected chi connectivity index (χ0v) is 15.0. The van der Waals surface area contributed by atoms with Crippen molar-refractivity contribution in [1.29, 1.82) is 0 Å². The second kappa shape index (κ2) is 7.39. The Morgan fingerprint density at radius 2 is 1.67 bits per heavy atom. The third-order valence-corrected chi connectivity index (χ3v) is 5.11. The van der Waals surface area contributed by atoms with Crippen molar-refractivity contribution in [2.45, 2.75) is 12.8 Å². The minimum absolute atomic E-state index is 0.0371. The summed E-state index contributed by atoms with van der Waals surface area (Å²) in [6, 6.07) is 11.5. The SMILES string of the molecule is O=C(c1ccc2c(c1)CCO2)N1CCCN(C(=O)c2ccccc2F)CC1. The van der Waals surface area contributed by atoms with Gasteiger partial charge in [0.2, 0.25) is 0 Å². The number of amides is 2. The largest absolute Gasteiger partial charge is 0.493 e. The lowest BCUT2D eigenvalue weighted by Crippen LogP contribution is -2.37. The zero-order chi connectivity index (χ0) is 18.8. The number of hydrogen-bond donors (Lipinski definition) is 0. The lowest BCUT2D eigenvalue weighted by molar-refractivity contribution is 0.0716. The van der Waals surface area contributed by atoms with Crippen LogP contribution in [-0.4, -0.2) is 54.4 Å². The summed E-state index contributed by atoms with van der Waals surface area (Å²) < 4.78 is 19.4. The fourth-order valence-electron chi connectivity index (χ4n) is 3.63. The third kappa shape index (κ3) is 3.52. The maximum atomic E-state index is 13.9. The number of hydrogen-bond acceptors (Lipinski definition) is 3. The smallest absolute Gasteiger partial charge is 0.256 e. The first-order chi connectivity index (χ1) is 13.1. The Labute approximate surface area is 157 Å². The Hall–Kier alpha value is -2.89. The number of carbonyl (C=O) groups is 2. The molecule has 0 bridgehead atoms. The van der Waals surface area contributed by atoms with E-state index in [0.717, 1.165) is 17.7 Å². The normalized spacial score (nSPS) is 16.5. The minimum Gasteiger partial charge on any atom is -0.493 e. The van der Waals surface area contributed by atoms with E-state index in [-0.39, 0.29) is 17.4 Å². The van der Waals surface area contributed by atoms with Gasteiger partial charge in [-0.2, -0.15) is 0 Å². The van der Waals surface area contributed by atoms with Gasteiger partial charge in [-0.05, 0) is 42.3 Å². The Bertz CT molecular complexity index is 883. The van der Waals surface area contributed by atoms with Crippen LogP contribution in [0.2, 0.25) is 0 Å². The standard InChI is InChI=1S/C21H21FN2O3/c22-18-5-2-1-4-17(18)21(26)24-10-3-9-23(11-12-24)20(25)16-6-7-19-15(14-16)8-13-27-19/h1-2,4-7,14H,3,8-13H2. The average molecular weight is 368 g/mol. The van der Waals surface area contributed by atoms with Gasteiger partial charge in [-0.25, -0.2) is 4.39 Å². The number of nitrogens with zero attached hydrogens (tertiary/aromatic N) is 2. The molecule has 5 nitrogen and oxygen atoms in total. The van der Waals surface area contributed by atoms with Crippen molar-refractivity contribution >= 4 is 11.8 Å². The quantitative estimate of drug-likeness (QED) is 0.819. The lowest BCUT2D eigenvalue weighted by Gasteiger charge is -2.22. The van der Waals surface area contributed by atoms with Crippen molar-refractivity contribution in [1.82, 2.24) is 9.80 Å². The van der Waals surface area contributed by atoms with Gasteiger partial charge in [0.15, 0.2) is 0 Å². The Balaban J connectivity index is 1.45. The van der Waals surface area contributed by atoms with Gasteiger partial charge in [0.05, 0.1) is 12.2 Å². The third-order valence-electron chi connectivity index (χ3n) is 5.11. The highest BCUT2D eigenvalue weighted by Crippen LogP contribution is 2.26. The summed E-state index contributed by atoms with van der Waals surface area (Å²) in [5.74, 6) is -0.0221. The monoisotopic (exact) mass is 368 g/mol. The van der Waals surface area contributed by atoms with Crippen LogP contribution in [0.3, 0.4) is 0 Å². The Morgan fingerprint density at radius 3 is 2.44 bits per heavy atom. The van der Waals surface area contributed by atoms with E-state index in [1.807, 2.05) is 12.1 Å². The van der Waals surface area contributed by atoms with Crippen molar-refractivity contribution in [3.8, 4) is 5.75 Å². The van der Waals surface area contributed by atoms with Crippen LogP contribution in [0.25, 0.3) is 0 Å². The first-order valence-electron chi connectivity index (χ1n) is 9.22. The molecule has 1 saturated heterocycles. The van der Waals surface area contributed by atoms with E-state index in [1.54, 1.807) is 28.0 Å². The van der Waals surface area contributed by atoms with E-state index >= 15 is 0 Å². The van der Waals surface area contributed by atoms with Gasteiger partial charge in [0.1, 0.15) is 11.6 Å². The molecule has 2 heterocycles. The van der Waals surface area contributed by atoms with Crippen LogP contribution in [0.15, 0.2) is 42.5 Å². The van der Waals surface area contributed by atoms with E-state index in [9.17, 15) is 14.0 Å². The van der Waals surface area contributed by atoms with Gasteiger partial charge in [-0.1, -0.05) is 12.1 Å². The topological polar surface area (TPSA) is 49.9 Å². The number of benzene rings is 2. The molecule has 2 aliphatic heterocycles. The van der Waals surface area contributed by atoms with Crippen molar-refractivity contribution in [3.05, 3.63) is 65.0 Å². The van der Waals surface area contributed by atoms with E-state index < -0.39 is 5.82 Å². The first-order valence-corrected chi connectivity index (χ1v) is 9.22. The molecule has 6 heteroatoms. The Morgan fingerprint density at radius 1 is 0.926 bits per heavy atom. The number of halogens is 1. The van der Waals surface area contributed by atoms with E-state index in [1.165, 1.54) is 12.1 Å². The molecule has 2 aliphatic rings. The molecule has 2 aromatic carbocycles. The molecule has 2 amide bonds. The molecule has 4 rings (SSSR count). The molecule has 0 saturated carbocycles. The van der Waals surface area contributed by atoms with Gasteiger partial charge in [0, 0.05) is 38.2 Å². The molecule has 140 valence electrons. The summed E-state index contributed by atoms with van der Waals surface area (Å²) in [4.78, 5) is 28.9. The van der Waals surface area contributed by atoms with E-state index in [0.29, 0.717) is 44.8 Å². The van der Waals surface area contributed by atoms with Gasteiger partial charge in [-0.3, -0.25) is 9.59 Å². The number of ether oxygens (including phenoxy) is 1. The van der Waals surface area contributed by atoms with Crippen LogP contribution in [-0.2, 0) is 6.42 Å². The molecular formula is C21H21FN2O3. The molecule has 0 radical (unpaired) electrons. The predicted molar refractivity (Wildman–Crippen MR) is 98.5 cm³/mol. The highest BCUT2D eigenvalue weighted by Gasteiger charge is 2.25. The summed E-state index contributed by atoms with van der Waals surface area (Å²) in [6.45, 7) is 2.58. The number of rotatable bonds is 2. The fraction of sp³-hybridized carbons (Fsp3) is 0.333. The van der Waals surface area contributed by atoms with Gasteiger partial charge in [0.25, 0.3) is 11.8 Å². The first kappa shape index (κ1) is 17.5. The number of carbonyl (C=O) groups excluding carboxylic acids is 2. The fourth-order valence-corrected chi connectivity index (χ4v) is 3.63. The highest BCUT2D eigenvalue weighted by molar-refractivity contribution is 5.96. The molecule has 2 aromatic rings. The van der Waals surface area contributed by atoms with Crippen LogP contribution in [0.1, 0.15) is 32.7 Å². The van der Waals surface area contributed by atoms with Gasteiger partial charge < -0.3 is 14.5 Å². The highest BCUT2D eigenvalue weighted by atomic mass is 19.1. The molecule has 0 atom stereocenters. The molecule has 0 aliphatic carbocycles. The van der Waals surface area contributed by atoms with Crippen LogP contribution in [0.4, 0.5) is 4.39 Å². The molecule has 0 N–H and O–H groups in total. The summed E-state index contributed by atoms with van der Waals surface area (Å²) in [5, 5.41) is 0. The maximum absolute atomic E-state index is 13.9. The molecule has 1 fully saturated rings. The summed E-state index contributed by atoms with van der Waals surface area (Å²) in [5.41, 5.74) is 1.79. The zero-order valence-electron chi connectivity index (χ0n) is 15.0. The molecule has 0 unspecified atom stereocenters. The second-order valence-corrected chi connectivity index (χ2v) is 6.84. The molecular weight excluding hydrogens is 347 g/mol. The predicted octanol–water partition coefficient (Wildman–Crippen LogP) is 2.75. The van der Waals surface area contributed by atoms with Crippen molar-refractivity contribution in [2.24, 2.45) is 0 Å². The molecule has 27 heavy (non-hydrogen) atoms. The van der Waals surface area contributed by atoms with Crippen molar-refractivity contribution < 1.29 is 18.7 Å². The second-order valence-electron chi connectivity index (χ2n) is 6.84.